The van der Waals surface area contributed by atoms with Crippen LogP contribution in [-0.4, -0.2) is 27.5 Å². The van der Waals surface area contributed by atoms with Crippen LogP contribution < -0.4 is 5.32 Å². The molecule has 0 aliphatic rings. The third-order valence-electron chi connectivity index (χ3n) is 1.53. The maximum Gasteiger partial charge on any atom is 0.0636 e. The van der Waals surface area contributed by atoms with Gasteiger partial charge in [-0.05, 0) is 6.92 Å². The van der Waals surface area contributed by atoms with Crippen molar-refractivity contribution in [2.24, 2.45) is 7.05 Å². The fourth-order valence-corrected chi connectivity index (χ4v) is 0.989. The number of nitrogens with zero attached hydrogens (tertiary/aromatic N) is 2. The summed E-state index contributed by atoms with van der Waals surface area (Å²) in [5, 5.41) is 16.1. The summed E-state index contributed by atoms with van der Waals surface area (Å²) in [4.78, 5) is 0. The van der Waals surface area contributed by atoms with Crippen LogP contribution in [0.1, 0.15) is 12.5 Å². The maximum absolute atomic E-state index is 8.95. The van der Waals surface area contributed by atoms with Gasteiger partial charge >= 0.3 is 0 Å². The molecule has 0 spiro atoms. The Labute approximate surface area is 72.2 Å². The summed E-state index contributed by atoms with van der Waals surface area (Å²) in [6, 6.07) is 0. The molecule has 2 N–H and O–H groups in total. The first-order valence-electron chi connectivity index (χ1n) is 4.05. The minimum absolute atomic E-state index is 0.290. The fourth-order valence-electron chi connectivity index (χ4n) is 0.989. The highest BCUT2D eigenvalue weighted by molar-refractivity contribution is 5.02. The van der Waals surface area contributed by atoms with Gasteiger partial charge in [0.05, 0.1) is 12.3 Å². The first-order chi connectivity index (χ1) is 5.68. The normalized spacial score (nSPS) is 13.2. The lowest BCUT2D eigenvalue weighted by Crippen LogP contribution is -2.23. The summed E-state index contributed by atoms with van der Waals surface area (Å²) in [6.45, 7) is 3.14. The van der Waals surface area contributed by atoms with Crippen LogP contribution in [0.5, 0.6) is 0 Å². The van der Waals surface area contributed by atoms with Gasteiger partial charge in [-0.3, -0.25) is 4.68 Å². The predicted octanol–water partition coefficient (Wildman–Crippen LogP) is -0.110. The molecule has 1 heterocycles. The molecule has 0 unspecified atom stereocenters. The second-order valence-electron chi connectivity index (χ2n) is 3.00. The third-order valence-corrected chi connectivity index (χ3v) is 1.53. The maximum atomic E-state index is 8.95. The van der Waals surface area contributed by atoms with Gasteiger partial charge < -0.3 is 10.4 Å². The zero-order valence-corrected chi connectivity index (χ0v) is 7.49. The van der Waals surface area contributed by atoms with E-state index in [1.54, 1.807) is 11.6 Å². The van der Waals surface area contributed by atoms with Gasteiger partial charge in [0.25, 0.3) is 0 Å². The molecular weight excluding hydrogens is 154 g/mol. The molecule has 0 saturated heterocycles. The van der Waals surface area contributed by atoms with Crippen molar-refractivity contribution in [2.45, 2.75) is 19.6 Å². The molecular formula is C8H15N3O. The van der Waals surface area contributed by atoms with Crippen molar-refractivity contribution in [1.29, 1.82) is 0 Å². The highest BCUT2D eigenvalue weighted by Gasteiger charge is 1.97. The van der Waals surface area contributed by atoms with Gasteiger partial charge in [0.1, 0.15) is 0 Å². The average Bonchev–Trinajstić information content (AvgIpc) is 2.35. The molecule has 0 amide bonds. The first kappa shape index (κ1) is 9.22. The fraction of sp³-hybridized carbons (Fsp3) is 0.625. The number of aliphatic hydroxyl groups is 1. The van der Waals surface area contributed by atoms with Gasteiger partial charge in [-0.15, -0.1) is 0 Å². The molecule has 0 saturated carbocycles. The summed E-state index contributed by atoms with van der Waals surface area (Å²) in [5.74, 6) is 0. The van der Waals surface area contributed by atoms with Crippen molar-refractivity contribution >= 4 is 0 Å². The third kappa shape index (κ3) is 3.02. The minimum atomic E-state index is -0.290. The molecule has 68 valence electrons. The van der Waals surface area contributed by atoms with Crippen molar-refractivity contribution in [1.82, 2.24) is 15.1 Å². The Morgan fingerprint density at radius 1 is 1.75 bits per heavy atom. The molecule has 4 heteroatoms. The lowest BCUT2D eigenvalue weighted by molar-refractivity contribution is 0.191. The molecule has 0 aromatic carbocycles. The Morgan fingerprint density at radius 3 is 3.00 bits per heavy atom. The average molecular weight is 169 g/mol. The van der Waals surface area contributed by atoms with Crippen LogP contribution >= 0.6 is 0 Å². The van der Waals surface area contributed by atoms with E-state index in [2.05, 4.69) is 10.4 Å². The Balaban J connectivity index is 2.24. The molecule has 1 aromatic heterocycles. The quantitative estimate of drug-likeness (QED) is 0.661. The molecule has 1 atom stereocenters. The molecule has 0 aliphatic heterocycles. The highest BCUT2D eigenvalue weighted by atomic mass is 16.3. The van der Waals surface area contributed by atoms with Gasteiger partial charge in [0, 0.05) is 31.9 Å². The number of aromatic nitrogens is 2. The second kappa shape index (κ2) is 4.23. The van der Waals surface area contributed by atoms with Crippen molar-refractivity contribution in [2.75, 3.05) is 6.54 Å². The summed E-state index contributed by atoms with van der Waals surface area (Å²) in [5.41, 5.74) is 1.14. The lowest BCUT2D eigenvalue weighted by Gasteiger charge is -2.04. The smallest absolute Gasteiger partial charge is 0.0636 e. The van der Waals surface area contributed by atoms with Gasteiger partial charge in [-0.2, -0.15) is 5.10 Å². The number of nitrogens with one attached hydrogen (secondary N) is 1. The van der Waals surface area contributed by atoms with Crippen LogP contribution in [0.3, 0.4) is 0 Å². The number of hydrogen-bond donors (Lipinski definition) is 2. The van der Waals surface area contributed by atoms with E-state index >= 15 is 0 Å². The van der Waals surface area contributed by atoms with Crippen LogP contribution in [0.15, 0.2) is 12.4 Å². The van der Waals surface area contributed by atoms with Gasteiger partial charge in [-0.1, -0.05) is 0 Å². The summed E-state index contributed by atoms with van der Waals surface area (Å²) >= 11 is 0. The largest absolute Gasteiger partial charge is 0.392 e. The standard InChI is InChI=1S/C8H15N3O/c1-7(12)3-9-4-8-5-10-11(2)6-8/h5-7,9,12H,3-4H2,1-2H3/t7-/m1/s1. The molecule has 1 rings (SSSR count). The number of hydrogen-bond acceptors (Lipinski definition) is 3. The molecule has 12 heavy (non-hydrogen) atoms. The van der Waals surface area contributed by atoms with Crippen molar-refractivity contribution < 1.29 is 5.11 Å². The van der Waals surface area contributed by atoms with Crippen molar-refractivity contribution in [3.05, 3.63) is 18.0 Å². The van der Waals surface area contributed by atoms with E-state index in [9.17, 15) is 0 Å². The van der Waals surface area contributed by atoms with Crippen LogP contribution in [0.4, 0.5) is 0 Å². The summed E-state index contributed by atoms with van der Waals surface area (Å²) in [7, 11) is 1.89. The van der Waals surface area contributed by atoms with Crippen LogP contribution in [-0.2, 0) is 13.6 Å². The zero-order chi connectivity index (χ0) is 8.97. The second-order valence-corrected chi connectivity index (χ2v) is 3.00. The lowest BCUT2D eigenvalue weighted by atomic mass is 10.3. The molecule has 0 fully saturated rings. The van der Waals surface area contributed by atoms with Crippen molar-refractivity contribution in [3.63, 3.8) is 0 Å². The summed E-state index contributed by atoms with van der Waals surface area (Å²) in [6.07, 6.45) is 3.48. The van der Waals surface area contributed by atoms with E-state index in [1.807, 2.05) is 19.4 Å². The van der Waals surface area contributed by atoms with E-state index < -0.39 is 0 Å². The monoisotopic (exact) mass is 169 g/mol. The molecule has 1 aromatic rings. The minimum Gasteiger partial charge on any atom is -0.392 e. The van der Waals surface area contributed by atoms with Crippen LogP contribution in [0.25, 0.3) is 0 Å². The zero-order valence-electron chi connectivity index (χ0n) is 7.49. The van der Waals surface area contributed by atoms with Gasteiger partial charge in [0.15, 0.2) is 0 Å². The van der Waals surface area contributed by atoms with E-state index in [-0.39, 0.29) is 6.10 Å². The number of rotatable bonds is 4. The Hall–Kier alpha value is -0.870. The van der Waals surface area contributed by atoms with E-state index in [0.717, 1.165) is 12.1 Å². The molecule has 0 bridgehead atoms. The van der Waals surface area contributed by atoms with Crippen LogP contribution in [0.2, 0.25) is 0 Å². The highest BCUT2D eigenvalue weighted by Crippen LogP contribution is 1.94. The molecule has 0 aliphatic carbocycles. The number of aliphatic hydroxyl groups excluding tert-OH is 1. The van der Waals surface area contributed by atoms with E-state index in [4.69, 9.17) is 5.11 Å². The first-order valence-corrected chi connectivity index (χ1v) is 4.05. The SMILES string of the molecule is C[C@@H](O)CNCc1cnn(C)c1. The van der Waals surface area contributed by atoms with Gasteiger partial charge in [0.2, 0.25) is 0 Å². The summed E-state index contributed by atoms with van der Waals surface area (Å²) < 4.78 is 1.76. The Bertz CT molecular complexity index is 232. The van der Waals surface area contributed by atoms with E-state index in [1.165, 1.54) is 0 Å². The van der Waals surface area contributed by atoms with Crippen LogP contribution in [0, 0.1) is 0 Å². The van der Waals surface area contributed by atoms with E-state index in [0.29, 0.717) is 6.54 Å². The Morgan fingerprint density at radius 2 is 2.50 bits per heavy atom. The van der Waals surface area contributed by atoms with Crippen molar-refractivity contribution in [3.8, 4) is 0 Å². The number of aryl methyl sites for hydroxylation is 1. The Kier molecular flexibility index (Phi) is 3.25. The molecule has 0 radical (unpaired) electrons. The predicted molar refractivity (Wildman–Crippen MR) is 46.6 cm³/mol. The topological polar surface area (TPSA) is 50.1 Å². The molecule has 4 nitrogen and oxygen atoms in total. The van der Waals surface area contributed by atoms with Gasteiger partial charge in [-0.25, -0.2) is 0 Å².